The lowest BCUT2D eigenvalue weighted by molar-refractivity contribution is -0.252. The van der Waals surface area contributed by atoms with Crippen LogP contribution in [0.2, 0.25) is 0 Å². The fraction of sp³-hybridized carbons (Fsp3) is 0.375. The van der Waals surface area contributed by atoms with E-state index < -0.39 is 12.3 Å². The van der Waals surface area contributed by atoms with Crippen LogP contribution in [0.15, 0.2) is 78.9 Å². The molecule has 0 bridgehead atoms. The van der Waals surface area contributed by atoms with E-state index in [1.807, 2.05) is 66.7 Å². The first kappa shape index (κ1) is 29.4. The van der Waals surface area contributed by atoms with Crippen molar-refractivity contribution in [3.05, 3.63) is 101 Å². The number of aliphatic hydroxyl groups excluding tert-OH is 1. The molecule has 0 saturated carbocycles. The monoisotopic (exact) mass is 546 g/mol. The van der Waals surface area contributed by atoms with Gasteiger partial charge < -0.3 is 25.0 Å². The van der Waals surface area contributed by atoms with Gasteiger partial charge in [0.25, 0.3) is 0 Å². The van der Waals surface area contributed by atoms with E-state index in [9.17, 15) is 14.7 Å². The maximum atomic E-state index is 12.4. The summed E-state index contributed by atoms with van der Waals surface area (Å²) < 4.78 is 12.9. The number of hydrogen-bond acceptors (Lipinski definition) is 6. The van der Waals surface area contributed by atoms with E-state index in [-0.39, 0.29) is 37.6 Å². The first-order chi connectivity index (χ1) is 19.4. The summed E-state index contributed by atoms with van der Waals surface area (Å²) in [6.45, 7) is 1.51. The van der Waals surface area contributed by atoms with Gasteiger partial charge in [0.05, 0.1) is 18.8 Å². The van der Waals surface area contributed by atoms with E-state index in [4.69, 9.17) is 14.6 Å². The first-order valence-corrected chi connectivity index (χ1v) is 13.7. The summed E-state index contributed by atoms with van der Waals surface area (Å²) in [7, 11) is 2.08. The topological polar surface area (TPSA) is 108 Å². The number of carboxylic acid groups (broad SMARTS) is 1. The Labute approximate surface area is 235 Å². The molecule has 212 valence electrons. The highest BCUT2D eigenvalue weighted by atomic mass is 16.7. The molecule has 1 aliphatic heterocycles. The third-order valence-electron chi connectivity index (χ3n) is 6.91. The lowest BCUT2D eigenvalue weighted by atomic mass is 9.99. The van der Waals surface area contributed by atoms with Gasteiger partial charge in [-0.25, -0.2) is 0 Å². The molecule has 1 fully saturated rings. The molecule has 0 aromatic heterocycles. The van der Waals surface area contributed by atoms with Crippen LogP contribution in [0.3, 0.4) is 0 Å². The Bertz CT molecular complexity index is 1230. The van der Waals surface area contributed by atoms with Crippen LogP contribution in [0, 0.1) is 0 Å². The lowest BCUT2D eigenvalue weighted by Crippen LogP contribution is -2.37. The van der Waals surface area contributed by atoms with Crippen LogP contribution in [0.4, 0.5) is 5.69 Å². The molecule has 1 amide bonds. The number of hydrogen-bond donors (Lipinski definition) is 3. The minimum atomic E-state index is -0.854. The molecule has 3 N–H and O–H groups in total. The highest BCUT2D eigenvalue weighted by molar-refractivity contribution is 5.90. The Morgan fingerprint density at radius 1 is 0.900 bits per heavy atom. The molecule has 0 unspecified atom stereocenters. The zero-order valence-electron chi connectivity index (χ0n) is 22.9. The van der Waals surface area contributed by atoms with Gasteiger partial charge in [-0.15, -0.1) is 0 Å². The number of aliphatic hydroxyl groups is 1. The summed E-state index contributed by atoms with van der Waals surface area (Å²) >= 11 is 0. The molecule has 0 spiro atoms. The van der Waals surface area contributed by atoms with Crippen LogP contribution in [0.1, 0.15) is 66.8 Å². The van der Waals surface area contributed by atoms with Crippen molar-refractivity contribution in [1.29, 1.82) is 0 Å². The molecule has 8 nitrogen and oxygen atoms in total. The molecule has 1 saturated heterocycles. The van der Waals surface area contributed by atoms with E-state index >= 15 is 0 Å². The smallest absolute Gasteiger partial charge is 0.303 e. The average Bonchev–Trinajstić information content (AvgIpc) is 2.96. The van der Waals surface area contributed by atoms with Crippen LogP contribution in [0.25, 0.3) is 0 Å². The van der Waals surface area contributed by atoms with Gasteiger partial charge in [-0.1, -0.05) is 66.7 Å². The van der Waals surface area contributed by atoms with Gasteiger partial charge in [0.15, 0.2) is 6.29 Å². The highest BCUT2D eigenvalue weighted by Crippen LogP contribution is 2.38. The third-order valence-corrected chi connectivity index (χ3v) is 6.91. The maximum absolute atomic E-state index is 12.4. The van der Waals surface area contributed by atoms with Crippen LogP contribution in [-0.2, 0) is 32.2 Å². The van der Waals surface area contributed by atoms with E-state index in [0.717, 1.165) is 23.2 Å². The summed E-state index contributed by atoms with van der Waals surface area (Å²) in [5, 5.41) is 21.1. The van der Waals surface area contributed by atoms with Crippen molar-refractivity contribution in [3.8, 4) is 0 Å². The molecule has 40 heavy (non-hydrogen) atoms. The number of likely N-dealkylation sites (N-methyl/N-ethyl adjacent to an activating group) is 1. The van der Waals surface area contributed by atoms with Crippen molar-refractivity contribution in [2.24, 2.45) is 0 Å². The van der Waals surface area contributed by atoms with Crippen molar-refractivity contribution < 1.29 is 29.3 Å². The van der Waals surface area contributed by atoms with Crippen LogP contribution in [0.5, 0.6) is 0 Å². The normalized spacial score (nSPS) is 18.9. The van der Waals surface area contributed by atoms with Crippen LogP contribution < -0.4 is 5.32 Å². The highest BCUT2D eigenvalue weighted by Gasteiger charge is 2.33. The Kier molecular flexibility index (Phi) is 10.8. The van der Waals surface area contributed by atoms with Crippen molar-refractivity contribution in [2.75, 3.05) is 18.9 Å². The summed E-state index contributed by atoms with van der Waals surface area (Å²) in [6, 6.07) is 25.6. The standard InChI is InChI=1S/C32H38N2O6/c1-34(20-23-8-3-2-4-9-23)21-28-19-29(25-16-14-24(22-35)15-17-25)40-32(39-28)26-10-7-11-27(18-26)33-30(36)12-5-6-13-31(37)38/h2-4,7-11,14-18,28-29,32,35H,5-6,12-13,19-22H2,1H3,(H,33,36)(H,37,38)/t28-,29+,32+/m0/s1. The number of benzene rings is 3. The Hall–Kier alpha value is -3.56. The largest absolute Gasteiger partial charge is 0.481 e. The number of unbranched alkanes of at least 4 members (excludes halogenated alkanes) is 1. The molecule has 1 heterocycles. The molecule has 4 rings (SSSR count). The molecular weight excluding hydrogens is 508 g/mol. The van der Waals surface area contributed by atoms with E-state index in [0.29, 0.717) is 31.5 Å². The first-order valence-electron chi connectivity index (χ1n) is 13.7. The minimum Gasteiger partial charge on any atom is -0.481 e. The molecule has 8 heteroatoms. The molecule has 0 aliphatic carbocycles. The molecule has 3 aromatic carbocycles. The fourth-order valence-electron chi connectivity index (χ4n) is 4.89. The van der Waals surface area contributed by atoms with Crippen molar-refractivity contribution in [1.82, 2.24) is 4.90 Å². The fourth-order valence-corrected chi connectivity index (χ4v) is 4.89. The van der Waals surface area contributed by atoms with Gasteiger partial charge in [-0.2, -0.15) is 0 Å². The van der Waals surface area contributed by atoms with E-state index in [1.165, 1.54) is 5.56 Å². The summed E-state index contributed by atoms with van der Waals surface area (Å²) in [6.07, 6.45) is 1.06. The predicted molar refractivity (Wildman–Crippen MR) is 152 cm³/mol. The Balaban J connectivity index is 1.46. The number of carbonyl (C=O) groups is 2. The second kappa shape index (κ2) is 14.7. The number of anilines is 1. The zero-order chi connectivity index (χ0) is 28.3. The van der Waals surface area contributed by atoms with Crippen molar-refractivity contribution in [2.45, 2.75) is 63.8 Å². The minimum absolute atomic E-state index is 0.0114. The number of carboxylic acids is 1. The SMILES string of the molecule is CN(Cc1ccccc1)C[C@@H]1C[C@H](c2ccc(CO)cc2)O[C@H](c2cccc(NC(=O)CCCCC(=O)O)c2)O1. The van der Waals surface area contributed by atoms with Crippen LogP contribution >= 0.6 is 0 Å². The number of nitrogens with zero attached hydrogens (tertiary/aromatic N) is 1. The maximum Gasteiger partial charge on any atom is 0.303 e. The molecule has 3 aromatic rings. The van der Waals surface area contributed by atoms with Gasteiger partial charge in [-0.05, 0) is 48.7 Å². The molecule has 3 atom stereocenters. The number of amides is 1. The summed E-state index contributed by atoms with van der Waals surface area (Å²) in [4.78, 5) is 25.4. The third kappa shape index (κ3) is 8.99. The molecule has 0 radical (unpaired) electrons. The predicted octanol–water partition coefficient (Wildman–Crippen LogP) is 5.44. The lowest BCUT2D eigenvalue weighted by Gasteiger charge is -2.38. The van der Waals surface area contributed by atoms with E-state index in [1.54, 1.807) is 0 Å². The summed E-state index contributed by atoms with van der Waals surface area (Å²) in [5.74, 6) is -1.01. The molecular formula is C32H38N2O6. The number of rotatable bonds is 13. The van der Waals surface area contributed by atoms with Gasteiger partial charge in [-0.3, -0.25) is 14.5 Å². The zero-order valence-corrected chi connectivity index (χ0v) is 22.9. The number of ether oxygens (including phenoxy) is 2. The Morgan fingerprint density at radius 2 is 1.65 bits per heavy atom. The Morgan fingerprint density at radius 3 is 2.38 bits per heavy atom. The summed E-state index contributed by atoms with van der Waals surface area (Å²) in [5.41, 5.74) is 4.54. The second-order valence-electron chi connectivity index (χ2n) is 10.3. The molecule has 1 aliphatic rings. The number of nitrogens with one attached hydrogen (secondary N) is 1. The van der Waals surface area contributed by atoms with Crippen LogP contribution in [-0.4, -0.2) is 46.7 Å². The van der Waals surface area contributed by atoms with Gasteiger partial charge in [0.1, 0.15) is 0 Å². The van der Waals surface area contributed by atoms with Crippen molar-refractivity contribution in [3.63, 3.8) is 0 Å². The quantitative estimate of drug-likeness (QED) is 0.245. The van der Waals surface area contributed by atoms with Crippen molar-refractivity contribution >= 4 is 17.6 Å². The van der Waals surface area contributed by atoms with Gasteiger partial charge >= 0.3 is 5.97 Å². The number of carbonyl (C=O) groups excluding carboxylic acids is 1. The van der Waals surface area contributed by atoms with E-state index in [2.05, 4.69) is 29.4 Å². The number of aliphatic carboxylic acids is 1. The average molecular weight is 547 g/mol. The van der Waals surface area contributed by atoms with Gasteiger partial charge in [0, 0.05) is 43.6 Å². The second-order valence-corrected chi connectivity index (χ2v) is 10.3. The van der Waals surface area contributed by atoms with Gasteiger partial charge in [0.2, 0.25) is 5.91 Å².